The van der Waals surface area contributed by atoms with E-state index in [0.717, 1.165) is 38.8 Å². The van der Waals surface area contributed by atoms with Crippen molar-refractivity contribution in [3.05, 3.63) is 23.7 Å². The second-order valence-corrected chi connectivity index (χ2v) is 7.49. The Hall–Kier alpha value is -1.37. The van der Waals surface area contributed by atoms with Gasteiger partial charge in [-0.1, -0.05) is 19.8 Å². The van der Waals surface area contributed by atoms with Crippen molar-refractivity contribution in [3.63, 3.8) is 0 Å². The Balaban J connectivity index is 1.74. The zero-order valence-electron chi connectivity index (χ0n) is 16.2. The van der Waals surface area contributed by atoms with Crippen molar-refractivity contribution in [2.75, 3.05) is 26.8 Å². The molecule has 1 aromatic rings. The number of ketones is 1. The van der Waals surface area contributed by atoms with Gasteiger partial charge in [0.15, 0.2) is 0 Å². The lowest BCUT2D eigenvalue weighted by Gasteiger charge is -2.25. The van der Waals surface area contributed by atoms with Crippen LogP contribution in [-0.2, 0) is 20.9 Å². The molecule has 0 bridgehead atoms. The van der Waals surface area contributed by atoms with Crippen molar-refractivity contribution in [2.45, 2.75) is 63.5 Å². The SMILES string of the molecule is CCCCCC(=O)CCN1CCC(Cl)C1COCc1ccc(C(=O)OC)o1. The van der Waals surface area contributed by atoms with Crippen LogP contribution in [0, 0.1) is 0 Å². The average molecular weight is 400 g/mol. The van der Waals surface area contributed by atoms with Crippen molar-refractivity contribution in [1.29, 1.82) is 0 Å². The molecule has 2 atom stereocenters. The van der Waals surface area contributed by atoms with Gasteiger partial charge in [-0.25, -0.2) is 4.79 Å². The molecule has 152 valence electrons. The maximum Gasteiger partial charge on any atom is 0.373 e. The lowest BCUT2D eigenvalue weighted by molar-refractivity contribution is -0.119. The predicted molar refractivity (Wildman–Crippen MR) is 103 cm³/mol. The van der Waals surface area contributed by atoms with Crippen LogP contribution in [0.4, 0.5) is 0 Å². The predicted octanol–water partition coefficient (Wildman–Crippen LogP) is 3.80. The molecule has 2 rings (SSSR count). The number of nitrogens with zero attached hydrogens (tertiary/aromatic N) is 1. The first kappa shape index (κ1) is 21.9. The smallest absolute Gasteiger partial charge is 0.373 e. The Labute approximate surface area is 166 Å². The van der Waals surface area contributed by atoms with E-state index in [4.69, 9.17) is 20.8 Å². The molecule has 0 spiro atoms. The molecule has 1 aromatic heterocycles. The van der Waals surface area contributed by atoms with Gasteiger partial charge < -0.3 is 13.9 Å². The minimum absolute atomic E-state index is 0.0161. The monoisotopic (exact) mass is 399 g/mol. The summed E-state index contributed by atoms with van der Waals surface area (Å²) in [6.07, 6.45) is 5.37. The van der Waals surface area contributed by atoms with E-state index in [-0.39, 0.29) is 23.8 Å². The highest BCUT2D eigenvalue weighted by atomic mass is 35.5. The summed E-state index contributed by atoms with van der Waals surface area (Å²) < 4.78 is 15.8. The molecule has 1 saturated heterocycles. The van der Waals surface area contributed by atoms with Gasteiger partial charge in [0.25, 0.3) is 0 Å². The second kappa shape index (κ2) is 11.5. The van der Waals surface area contributed by atoms with Crippen LogP contribution in [0.2, 0.25) is 0 Å². The zero-order valence-corrected chi connectivity index (χ0v) is 17.0. The Morgan fingerprint density at radius 2 is 2.11 bits per heavy atom. The van der Waals surface area contributed by atoms with Crippen molar-refractivity contribution in [1.82, 2.24) is 4.90 Å². The summed E-state index contributed by atoms with van der Waals surface area (Å²) in [5, 5.41) is 0.0161. The number of carbonyl (C=O) groups is 2. The first-order valence-electron chi connectivity index (χ1n) is 9.69. The molecule has 0 aromatic carbocycles. The van der Waals surface area contributed by atoms with Crippen LogP contribution < -0.4 is 0 Å². The van der Waals surface area contributed by atoms with E-state index >= 15 is 0 Å². The van der Waals surface area contributed by atoms with Crippen molar-refractivity contribution in [3.8, 4) is 0 Å². The van der Waals surface area contributed by atoms with Gasteiger partial charge in [0.05, 0.1) is 19.1 Å². The van der Waals surface area contributed by atoms with Crippen LogP contribution in [0.1, 0.15) is 61.8 Å². The number of halogens is 1. The lowest BCUT2D eigenvalue weighted by Crippen LogP contribution is -2.38. The quantitative estimate of drug-likeness (QED) is 0.302. The van der Waals surface area contributed by atoms with Crippen LogP contribution in [0.15, 0.2) is 16.5 Å². The number of carbonyl (C=O) groups excluding carboxylic acids is 2. The van der Waals surface area contributed by atoms with E-state index in [2.05, 4.69) is 16.6 Å². The van der Waals surface area contributed by atoms with Crippen LogP contribution >= 0.6 is 11.6 Å². The average Bonchev–Trinajstić information content (AvgIpc) is 3.27. The van der Waals surface area contributed by atoms with Crippen LogP contribution in [0.3, 0.4) is 0 Å². The zero-order chi connectivity index (χ0) is 19.6. The van der Waals surface area contributed by atoms with Crippen LogP contribution in [-0.4, -0.2) is 54.9 Å². The number of hydrogen-bond donors (Lipinski definition) is 0. The number of hydrogen-bond acceptors (Lipinski definition) is 6. The van der Waals surface area contributed by atoms with Gasteiger partial charge in [0, 0.05) is 32.0 Å². The highest BCUT2D eigenvalue weighted by molar-refractivity contribution is 6.21. The molecule has 1 fully saturated rings. The molecule has 0 saturated carbocycles. The van der Waals surface area contributed by atoms with Crippen LogP contribution in [0.25, 0.3) is 0 Å². The van der Waals surface area contributed by atoms with Crippen LogP contribution in [0.5, 0.6) is 0 Å². The first-order valence-corrected chi connectivity index (χ1v) is 10.1. The summed E-state index contributed by atoms with van der Waals surface area (Å²) in [5.74, 6) is 0.548. The summed E-state index contributed by atoms with van der Waals surface area (Å²) in [5.41, 5.74) is 0. The number of unbranched alkanes of at least 4 members (excludes halogenated alkanes) is 2. The van der Waals surface area contributed by atoms with Gasteiger partial charge in [-0.2, -0.15) is 0 Å². The van der Waals surface area contributed by atoms with E-state index in [1.165, 1.54) is 7.11 Å². The van der Waals surface area contributed by atoms with Crippen molar-refractivity contribution < 1.29 is 23.5 Å². The summed E-state index contributed by atoms with van der Waals surface area (Å²) in [4.78, 5) is 25.6. The normalized spacial score (nSPS) is 20.1. The largest absolute Gasteiger partial charge is 0.463 e. The Morgan fingerprint density at radius 3 is 2.85 bits per heavy atom. The number of esters is 1. The molecule has 0 N–H and O–H groups in total. The molecule has 6 nitrogen and oxygen atoms in total. The number of alkyl halides is 1. The van der Waals surface area contributed by atoms with E-state index in [1.807, 2.05) is 0 Å². The summed E-state index contributed by atoms with van der Waals surface area (Å²) in [6, 6.07) is 3.36. The Kier molecular flexibility index (Phi) is 9.31. The number of likely N-dealkylation sites (tertiary alicyclic amines) is 1. The standard InChI is InChI=1S/C20H30ClNO5/c1-3-4-5-6-15(23)9-11-22-12-10-17(21)18(22)14-26-13-16-7-8-19(27-16)20(24)25-2/h7-8,17-18H,3-6,9-14H2,1-2H3. The van der Waals surface area contributed by atoms with Gasteiger partial charge >= 0.3 is 5.97 Å². The fraction of sp³-hybridized carbons (Fsp3) is 0.700. The molecule has 1 aliphatic heterocycles. The number of methoxy groups -OCH3 is 1. The van der Waals surface area contributed by atoms with Crippen molar-refractivity contribution >= 4 is 23.4 Å². The third-order valence-electron chi connectivity index (χ3n) is 4.90. The third-order valence-corrected chi connectivity index (χ3v) is 5.41. The molecule has 0 radical (unpaired) electrons. The van der Waals surface area contributed by atoms with E-state index in [1.54, 1.807) is 12.1 Å². The van der Waals surface area contributed by atoms with Gasteiger partial charge in [-0.3, -0.25) is 9.69 Å². The third kappa shape index (κ3) is 6.94. The number of ether oxygens (including phenoxy) is 2. The fourth-order valence-corrected chi connectivity index (χ4v) is 3.60. The first-order chi connectivity index (χ1) is 13.0. The number of furan rings is 1. The molecule has 0 amide bonds. The minimum atomic E-state index is -0.507. The van der Waals surface area contributed by atoms with Crippen molar-refractivity contribution in [2.24, 2.45) is 0 Å². The highest BCUT2D eigenvalue weighted by Gasteiger charge is 2.32. The van der Waals surface area contributed by atoms with Gasteiger partial charge in [-0.05, 0) is 25.0 Å². The maximum absolute atomic E-state index is 12.0. The van der Waals surface area contributed by atoms with E-state index in [0.29, 0.717) is 31.0 Å². The molecule has 7 heteroatoms. The molecule has 2 unspecified atom stereocenters. The van der Waals surface area contributed by atoms with Gasteiger partial charge in [0.1, 0.15) is 18.2 Å². The molecular formula is C20H30ClNO5. The fourth-order valence-electron chi connectivity index (χ4n) is 3.28. The Morgan fingerprint density at radius 1 is 1.30 bits per heavy atom. The summed E-state index contributed by atoms with van der Waals surface area (Å²) in [6.45, 7) is 4.49. The van der Waals surface area contributed by atoms with Gasteiger partial charge in [-0.15, -0.1) is 11.6 Å². The molecule has 27 heavy (non-hydrogen) atoms. The lowest BCUT2D eigenvalue weighted by atomic mass is 10.1. The highest BCUT2D eigenvalue weighted by Crippen LogP contribution is 2.24. The second-order valence-electron chi connectivity index (χ2n) is 6.93. The summed E-state index contributed by atoms with van der Waals surface area (Å²) >= 11 is 6.45. The molecular weight excluding hydrogens is 370 g/mol. The van der Waals surface area contributed by atoms with E-state index in [9.17, 15) is 9.59 Å². The Bertz CT molecular complexity index is 603. The molecule has 1 aliphatic rings. The molecule has 2 heterocycles. The number of rotatable bonds is 12. The molecule has 0 aliphatic carbocycles. The minimum Gasteiger partial charge on any atom is -0.463 e. The van der Waals surface area contributed by atoms with E-state index < -0.39 is 5.97 Å². The maximum atomic E-state index is 12.0. The van der Waals surface area contributed by atoms with Gasteiger partial charge in [0.2, 0.25) is 5.76 Å². The summed E-state index contributed by atoms with van der Waals surface area (Å²) in [7, 11) is 1.31. The number of Topliss-reactive ketones (excluding diaryl/α,β-unsaturated/α-hetero) is 1. The topological polar surface area (TPSA) is 69.0 Å².